The third-order valence-corrected chi connectivity index (χ3v) is 7.69. The Morgan fingerprint density at radius 3 is 2.16 bits per heavy atom. The molecule has 3 aliphatic rings. The Kier molecular flexibility index (Phi) is 5.08. The topological polar surface area (TPSA) is 71.3 Å². The highest BCUT2D eigenvalue weighted by molar-refractivity contribution is 6.11. The molecule has 0 amide bonds. The van der Waals surface area contributed by atoms with E-state index in [9.17, 15) is 9.59 Å². The normalized spacial score (nSPS) is 25.1. The van der Waals surface area contributed by atoms with Crippen LogP contribution in [-0.4, -0.2) is 40.5 Å². The summed E-state index contributed by atoms with van der Waals surface area (Å²) in [4.78, 5) is 33.6. The van der Waals surface area contributed by atoms with E-state index < -0.39 is 29.5 Å². The van der Waals surface area contributed by atoms with Gasteiger partial charge in [-0.1, -0.05) is 103 Å². The highest BCUT2D eigenvalue weighted by Gasteiger charge is 2.70. The Bertz CT molecular complexity index is 1600. The maximum atomic E-state index is 14.3. The molecule has 1 saturated heterocycles. The third kappa shape index (κ3) is 3.20. The van der Waals surface area contributed by atoms with Crippen molar-refractivity contribution in [3.8, 4) is 0 Å². The molecule has 4 aromatic rings. The highest BCUT2D eigenvalue weighted by Crippen LogP contribution is 2.58. The minimum absolute atomic E-state index is 0.117. The van der Waals surface area contributed by atoms with Gasteiger partial charge in [0.2, 0.25) is 5.90 Å². The average molecular weight is 498 g/mol. The second-order valence-electron chi connectivity index (χ2n) is 9.72. The van der Waals surface area contributed by atoms with Gasteiger partial charge in [-0.25, -0.2) is 9.79 Å². The molecule has 3 aliphatic heterocycles. The quantitative estimate of drug-likeness (QED) is 0.288. The minimum atomic E-state index is -1.42. The van der Waals surface area contributed by atoms with Crippen molar-refractivity contribution in [1.29, 1.82) is 0 Å². The zero-order valence-electron chi connectivity index (χ0n) is 20.3. The van der Waals surface area contributed by atoms with Crippen LogP contribution in [0, 0.1) is 0 Å². The molecule has 1 fully saturated rings. The van der Waals surface area contributed by atoms with Crippen LogP contribution in [-0.2, 0) is 9.53 Å². The van der Waals surface area contributed by atoms with E-state index >= 15 is 0 Å². The van der Waals surface area contributed by atoms with E-state index in [0.29, 0.717) is 11.1 Å². The number of rotatable bonds is 4. The van der Waals surface area contributed by atoms with Crippen LogP contribution in [0.15, 0.2) is 125 Å². The summed E-state index contributed by atoms with van der Waals surface area (Å²) >= 11 is 0. The van der Waals surface area contributed by atoms with Crippen molar-refractivity contribution < 1.29 is 14.3 Å². The molecule has 1 spiro atoms. The van der Waals surface area contributed by atoms with Crippen LogP contribution >= 0.6 is 0 Å². The SMILES string of the molecule is O=C(c1ccccc1)[C@@H]1[C@@H](c2ccccc2)[C@@]2(N=C(c3ccccc3)OC2=O)[C@H]2c3ccccc3C=NN12. The van der Waals surface area contributed by atoms with E-state index in [1.165, 1.54) is 0 Å². The van der Waals surface area contributed by atoms with Gasteiger partial charge < -0.3 is 4.74 Å². The molecular formula is C32H23N3O3. The standard InChI is InChI=1S/C32H23N3O3/c36-28(22-14-6-2-7-15-22)27-26(21-12-4-1-5-13-21)32(29-25-19-11-10-18-24(25)20-33-35(27)29)31(37)38-30(34-32)23-16-8-3-9-17-23/h1-20,26-27,29H/t26-,27+,29-,32-/m1/s1. The average Bonchev–Trinajstić information content (AvgIpc) is 3.49. The van der Waals surface area contributed by atoms with Crippen molar-refractivity contribution in [1.82, 2.24) is 5.01 Å². The van der Waals surface area contributed by atoms with E-state index in [2.05, 4.69) is 0 Å². The number of carbonyl (C=O) groups is 2. The Labute approximate surface area is 219 Å². The zero-order valence-corrected chi connectivity index (χ0v) is 20.3. The lowest BCUT2D eigenvalue weighted by atomic mass is 9.72. The van der Waals surface area contributed by atoms with Gasteiger partial charge in [-0.05, 0) is 28.8 Å². The lowest BCUT2D eigenvalue weighted by Crippen LogP contribution is -2.44. The first-order chi connectivity index (χ1) is 18.7. The zero-order chi connectivity index (χ0) is 25.7. The van der Waals surface area contributed by atoms with E-state index in [4.69, 9.17) is 14.8 Å². The van der Waals surface area contributed by atoms with Gasteiger partial charge >= 0.3 is 5.97 Å². The molecule has 184 valence electrons. The summed E-state index contributed by atoms with van der Waals surface area (Å²) in [5.41, 5.74) is 2.46. The third-order valence-electron chi connectivity index (χ3n) is 7.69. The van der Waals surface area contributed by atoms with Crippen LogP contribution in [0.4, 0.5) is 0 Å². The van der Waals surface area contributed by atoms with E-state index in [-0.39, 0.29) is 11.7 Å². The van der Waals surface area contributed by atoms with Gasteiger partial charge in [0.1, 0.15) is 12.1 Å². The maximum Gasteiger partial charge on any atom is 0.344 e. The number of fused-ring (bicyclic) bond motifs is 4. The predicted octanol–water partition coefficient (Wildman–Crippen LogP) is 5.17. The highest BCUT2D eigenvalue weighted by atomic mass is 16.6. The molecule has 6 heteroatoms. The van der Waals surface area contributed by atoms with Gasteiger partial charge in [0.25, 0.3) is 0 Å². The summed E-state index contributed by atoms with van der Waals surface area (Å²) in [7, 11) is 0. The molecule has 4 aromatic carbocycles. The molecule has 0 aliphatic carbocycles. The summed E-state index contributed by atoms with van der Waals surface area (Å²) < 4.78 is 5.96. The number of aliphatic imine (C=N–C) groups is 1. The Balaban J connectivity index is 1.52. The van der Waals surface area contributed by atoms with Gasteiger partial charge in [-0.15, -0.1) is 0 Å². The summed E-state index contributed by atoms with van der Waals surface area (Å²) in [6, 6.07) is 34.7. The van der Waals surface area contributed by atoms with Crippen molar-refractivity contribution in [2.45, 2.75) is 23.5 Å². The molecule has 0 bridgehead atoms. The lowest BCUT2D eigenvalue weighted by molar-refractivity contribution is -0.140. The van der Waals surface area contributed by atoms with Crippen LogP contribution in [0.1, 0.15) is 44.6 Å². The monoisotopic (exact) mass is 497 g/mol. The van der Waals surface area contributed by atoms with E-state index in [1.807, 2.05) is 103 Å². The van der Waals surface area contributed by atoms with Gasteiger partial charge in [-0.3, -0.25) is 9.80 Å². The molecule has 0 unspecified atom stereocenters. The largest absolute Gasteiger partial charge is 0.405 e. The number of Topliss-reactive ketones (excluding diaryl/α,β-unsaturated/α-hetero) is 1. The first-order valence-electron chi connectivity index (χ1n) is 12.6. The Hall–Kier alpha value is -4.84. The van der Waals surface area contributed by atoms with Crippen molar-refractivity contribution in [2.75, 3.05) is 0 Å². The Morgan fingerprint density at radius 2 is 1.42 bits per heavy atom. The molecule has 7 rings (SSSR count). The molecule has 0 saturated carbocycles. The molecule has 0 radical (unpaired) electrons. The number of esters is 1. The number of hydrazone groups is 1. The van der Waals surface area contributed by atoms with Crippen LogP contribution < -0.4 is 0 Å². The van der Waals surface area contributed by atoms with Crippen LogP contribution in [0.5, 0.6) is 0 Å². The van der Waals surface area contributed by atoms with Gasteiger partial charge in [0.15, 0.2) is 11.3 Å². The summed E-state index contributed by atoms with van der Waals surface area (Å²) in [5, 5.41) is 6.58. The van der Waals surface area contributed by atoms with Crippen LogP contribution in [0.25, 0.3) is 0 Å². The smallest absolute Gasteiger partial charge is 0.344 e. The first-order valence-corrected chi connectivity index (χ1v) is 12.6. The molecular weight excluding hydrogens is 474 g/mol. The fraction of sp³-hybridized carbons (Fsp3) is 0.125. The summed E-state index contributed by atoms with van der Waals surface area (Å²) in [6.45, 7) is 0. The number of benzene rings is 4. The van der Waals surface area contributed by atoms with Crippen molar-refractivity contribution in [3.63, 3.8) is 0 Å². The fourth-order valence-corrected chi connectivity index (χ4v) is 6.07. The molecule has 38 heavy (non-hydrogen) atoms. The number of hydrogen-bond acceptors (Lipinski definition) is 6. The second-order valence-corrected chi connectivity index (χ2v) is 9.72. The number of carbonyl (C=O) groups excluding carboxylic acids is 2. The van der Waals surface area contributed by atoms with E-state index in [1.54, 1.807) is 23.4 Å². The minimum Gasteiger partial charge on any atom is -0.405 e. The molecule has 0 aromatic heterocycles. The van der Waals surface area contributed by atoms with Gasteiger partial charge in [0, 0.05) is 11.1 Å². The molecule has 6 nitrogen and oxygen atoms in total. The Morgan fingerprint density at radius 1 is 0.789 bits per heavy atom. The van der Waals surface area contributed by atoms with Crippen LogP contribution in [0.3, 0.4) is 0 Å². The molecule has 4 atom stereocenters. The molecule has 0 N–H and O–H groups in total. The van der Waals surface area contributed by atoms with Crippen molar-refractivity contribution in [3.05, 3.63) is 143 Å². The summed E-state index contributed by atoms with van der Waals surface area (Å²) in [5.74, 6) is -0.973. The van der Waals surface area contributed by atoms with Crippen molar-refractivity contribution >= 4 is 23.9 Å². The number of ether oxygens (including phenoxy) is 1. The maximum absolute atomic E-state index is 14.3. The van der Waals surface area contributed by atoms with Crippen LogP contribution in [0.2, 0.25) is 0 Å². The molecule has 3 heterocycles. The summed E-state index contributed by atoms with van der Waals surface area (Å²) in [6.07, 6.45) is 1.76. The lowest BCUT2D eigenvalue weighted by Gasteiger charge is -2.34. The second kappa shape index (κ2) is 8.63. The number of cyclic esters (lactones) is 1. The number of ketones is 1. The van der Waals surface area contributed by atoms with Gasteiger partial charge in [-0.2, -0.15) is 5.10 Å². The number of nitrogens with zero attached hydrogens (tertiary/aromatic N) is 3. The first kappa shape index (κ1) is 22.4. The van der Waals surface area contributed by atoms with Gasteiger partial charge in [0.05, 0.1) is 12.1 Å². The predicted molar refractivity (Wildman–Crippen MR) is 144 cm³/mol. The van der Waals surface area contributed by atoms with Crippen molar-refractivity contribution in [2.24, 2.45) is 10.1 Å². The fourth-order valence-electron chi connectivity index (χ4n) is 6.07. The number of hydrogen-bond donors (Lipinski definition) is 0. The van der Waals surface area contributed by atoms with E-state index in [0.717, 1.165) is 16.7 Å².